The first-order valence-corrected chi connectivity index (χ1v) is 7.00. The van der Waals surface area contributed by atoms with Crippen LogP contribution in [0, 0.1) is 13.8 Å². The van der Waals surface area contributed by atoms with Gasteiger partial charge >= 0.3 is 0 Å². The Kier molecular flexibility index (Phi) is 4.40. The third kappa shape index (κ3) is 2.82. The van der Waals surface area contributed by atoms with Gasteiger partial charge in [-0.15, -0.1) is 0 Å². The van der Waals surface area contributed by atoms with Crippen molar-refractivity contribution in [3.05, 3.63) is 62.0 Å². The summed E-state index contributed by atoms with van der Waals surface area (Å²) in [6, 6.07) is 6.59. The molecule has 0 aliphatic rings. The minimum Gasteiger partial charge on any atom is -0.496 e. The summed E-state index contributed by atoms with van der Waals surface area (Å²) < 4.78 is 6.93. The van der Waals surface area contributed by atoms with Crippen molar-refractivity contribution in [3.8, 4) is 5.75 Å². The van der Waals surface area contributed by atoms with Crippen molar-refractivity contribution in [2.24, 2.45) is 12.8 Å². The van der Waals surface area contributed by atoms with Crippen LogP contribution in [0.1, 0.15) is 28.4 Å². The number of nitrogens with zero attached hydrogens (tertiary/aromatic N) is 1. The fourth-order valence-electron chi connectivity index (χ4n) is 2.48. The van der Waals surface area contributed by atoms with Gasteiger partial charge in [0, 0.05) is 28.9 Å². The number of benzene rings is 1. The van der Waals surface area contributed by atoms with E-state index in [9.17, 15) is 4.79 Å². The highest BCUT2D eigenvalue weighted by Gasteiger charge is 2.21. The molecule has 1 unspecified atom stereocenters. The average Bonchev–Trinajstić information content (AvgIpc) is 2.44. The summed E-state index contributed by atoms with van der Waals surface area (Å²) in [5.41, 5.74) is 9.26. The Bertz CT molecular complexity index is 738. The molecule has 1 heterocycles. The maximum Gasteiger partial charge on any atom is 0.255 e. The Morgan fingerprint density at radius 1 is 1.29 bits per heavy atom. The number of ether oxygens (including phenoxy) is 1. The number of hydrogen-bond acceptors (Lipinski definition) is 3. The first-order valence-electron chi connectivity index (χ1n) is 6.63. The van der Waals surface area contributed by atoms with Crippen molar-refractivity contribution >= 4 is 11.6 Å². The molecule has 1 atom stereocenters. The number of rotatable bonds is 3. The highest BCUT2D eigenvalue weighted by Crippen LogP contribution is 2.30. The molecule has 0 fully saturated rings. The monoisotopic (exact) mass is 306 g/mol. The summed E-state index contributed by atoms with van der Waals surface area (Å²) in [6.45, 7) is 3.78. The van der Waals surface area contributed by atoms with Crippen molar-refractivity contribution in [2.75, 3.05) is 7.11 Å². The summed E-state index contributed by atoms with van der Waals surface area (Å²) in [5, 5.41) is 0.558. The molecule has 4 nitrogen and oxygen atoms in total. The molecule has 112 valence electrons. The number of halogens is 1. The summed E-state index contributed by atoms with van der Waals surface area (Å²) in [7, 11) is 3.31. The molecular weight excluding hydrogens is 288 g/mol. The summed E-state index contributed by atoms with van der Waals surface area (Å²) in [6.07, 6.45) is 0. The Labute approximate surface area is 129 Å². The lowest BCUT2D eigenvalue weighted by molar-refractivity contribution is 0.407. The van der Waals surface area contributed by atoms with E-state index >= 15 is 0 Å². The number of nitrogens with two attached hydrogens (primary N) is 1. The van der Waals surface area contributed by atoms with Crippen molar-refractivity contribution in [1.29, 1.82) is 0 Å². The molecule has 1 aromatic carbocycles. The smallest absolute Gasteiger partial charge is 0.255 e. The lowest BCUT2D eigenvalue weighted by Crippen LogP contribution is -2.30. The van der Waals surface area contributed by atoms with Crippen LogP contribution in [0.3, 0.4) is 0 Å². The number of aromatic nitrogens is 1. The van der Waals surface area contributed by atoms with E-state index in [0.29, 0.717) is 21.9 Å². The van der Waals surface area contributed by atoms with Gasteiger partial charge in [0.15, 0.2) is 0 Å². The Morgan fingerprint density at radius 2 is 1.95 bits per heavy atom. The van der Waals surface area contributed by atoms with E-state index < -0.39 is 6.04 Å². The molecule has 0 radical (unpaired) electrons. The molecule has 0 saturated carbocycles. The summed E-state index contributed by atoms with van der Waals surface area (Å²) in [4.78, 5) is 12.5. The quantitative estimate of drug-likeness (QED) is 0.948. The summed E-state index contributed by atoms with van der Waals surface area (Å²) >= 11 is 6.05. The van der Waals surface area contributed by atoms with Gasteiger partial charge in [0.25, 0.3) is 5.56 Å². The van der Waals surface area contributed by atoms with E-state index in [1.165, 1.54) is 0 Å². The van der Waals surface area contributed by atoms with Crippen molar-refractivity contribution < 1.29 is 4.74 Å². The highest BCUT2D eigenvalue weighted by molar-refractivity contribution is 6.30. The Morgan fingerprint density at radius 3 is 2.57 bits per heavy atom. The third-order valence-electron chi connectivity index (χ3n) is 3.75. The van der Waals surface area contributed by atoms with Crippen LogP contribution in [0.4, 0.5) is 0 Å². The van der Waals surface area contributed by atoms with Crippen LogP contribution < -0.4 is 16.0 Å². The number of hydrogen-bond donors (Lipinski definition) is 1. The van der Waals surface area contributed by atoms with E-state index in [2.05, 4.69) is 0 Å². The SMILES string of the molecule is COc1ccc(Cl)cc1C(N)c1c(C)cc(C)n(C)c1=O. The average molecular weight is 307 g/mol. The van der Waals surface area contributed by atoms with Crippen LogP contribution in [0.5, 0.6) is 5.75 Å². The van der Waals surface area contributed by atoms with E-state index in [0.717, 1.165) is 11.3 Å². The van der Waals surface area contributed by atoms with Gasteiger partial charge in [-0.25, -0.2) is 0 Å². The molecule has 2 rings (SSSR count). The molecule has 0 amide bonds. The standard InChI is InChI=1S/C16H19ClN2O2/c1-9-7-10(2)19(3)16(20)14(9)15(18)12-8-11(17)5-6-13(12)21-4/h5-8,15H,18H2,1-4H3. The molecule has 21 heavy (non-hydrogen) atoms. The van der Waals surface area contributed by atoms with Gasteiger partial charge in [0.1, 0.15) is 5.75 Å². The molecule has 0 spiro atoms. The predicted molar refractivity (Wildman–Crippen MR) is 85.2 cm³/mol. The van der Waals surface area contributed by atoms with E-state index in [4.69, 9.17) is 22.1 Å². The second-order valence-electron chi connectivity index (χ2n) is 5.11. The van der Waals surface area contributed by atoms with E-state index in [-0.39, 0.29) is 5.56 Å². The van der Waals surface area contributed by atoms with Crippen LogP contribution in [0.2, 0.25) is 5.02 Å². The molecule has 0 bridgehead atoms. The topological polar surface area (TPSA) is 57.2 Å². The normalized spacial score (nSPS) is 12.3. The minimum absolute atomic E-state index is 0.0953. The van der Waals surface area contributed by atoms with Crippen molar-refractivity contribution in [2.45, 2.75) is 19.9 Å². The first kappa shape index (κ1) is 15.6. The maximum atomic E-state index is 12.5. The first-order chi connectivity index (χ1) is 9.86. The Balaban J connectivity index is 2.66. The molecule has 2 aromatic rings. The molecular formula is C16H19ClN2O2. The number of aryl methyl sites for hydroxylation is 2. The predicted octanol–water partition coefficient (Wildman–Crippen LogP) is 2.71. The zero-order valence-corrected chi connectivity index (χ0v) is 13.4. The minimum atomic E-state index is -0.585. The lowest BCUT2D eigenvalue weighted by atomic mass is 9.96. The zero-order valence-electron chi connectivity index (χ0n) is 12.6. The van der Waals surface area contributed by atoms with Crippen molar-refractivity contribution in [3.63, 3.8) is 0 Å². The van der Waals surface area contributed by atoms with Gasteiger partial charge in [-0.05, 0) is 43.7 Å². The van der Waals surface area contributed by atoms with Crippen LogP contribution in [0.15, 0.2) is 29.1 Å². The van der Waals surface area contributed by atoms with Gasteiger partial charge in [0.05, 0.1) is 13.2 Å². The van der Waals surface area contributed by atoms with E-state index in [1.807, 2.05) is 19.9 Å². The van der Waals surface area contributed by atoms with Crippen LogP contribution in [0.25, 0.3) is 0 Å². The zero-order chi connectivity index (χ0) is 15.7. The number of methoxy groups -OCH3 is 1. The largest absolute Gasteiger partial charge is 0.496 e. The fourth-order valence-corrected chi connectivity index (χ4v) is 2.66. The van der Waals surface area contributed by atoms with Gasteiger partial charge < -0.3 is 15.0 Å². The van der Waals surface area contributed by atoms with Gasteiger partial charge in [0.2, 0.25) is 0 Å². The molecule has 5 heteroatoms. The fraction of sp³-hybridized carbons (Fsp3) is 0.312. The lowest BCUT2D eigenvalue weighted by Gasteiger charge is -2.19. The van der Waals surface area contributed by atoms with Crippen LogP contribution in [-0.2, 0) is 7.05 Å². The summed E-state index contributed by atoms with van der Waals surface area (Å²) in [5.74, 6) is 0.619. The second kappa shape index (κ2) is 5.92. The maximum absolute atomic E-state index is 12.5. The highest BCUT2D eigenvalue weighted by atomic mass is 35.5. The van der Waals surface area contributed by atoms with Crippen LogP contribution >= 0.6 is 11.6 Å². The van der Waals surface area contributed by atoms with Crippen LogP contribution in [-0.4, -0.2) is 11.7 Å². The van der Waals surface area contributed by atoms with Gasteiger partial charge in [-0.3, -0.25) is 4.79 Å². The Hall–Kier alpha value is -1.78. The molecule has 0 aliphatic heterocycles. The third-order valence-corrected chi connectivity index (χ3v) is 3.99. The molecule has 0 saturated heterocycles. The van der Waals surface area contributed by atoms with Gasteiger partial charge in [-0.2, -0.15) is 0 Å². The molecule has 0 aliphatic carbocycles. The van der Waals surface area contributed by atoms with E-state index in [1.54, 1.807) is 36.9 Å². The van der Waals surface area contributed by atoms with Gasteiger partial charge in [-0.1, -0.05) is 11.6 Å². The van der Waals surface area contributed by atoms with Crippen molar-refractivity contribution in [1.82, 2.24) is 4.57 Å². The second-order valence-corrected chi connectivity index (χ2v) is 5.55. The number of pyridine rings is 1. The molecule has 2 N–H and O–H groups in total. The molecule has 1 aromatic heterocycles.